The first kappa shape index (κ1) is 24.4. The van der Waals surface area contributed by atoms with Gasteiger partial charge in [0.15, 0.2) is 23.5 Å². The Morgan fingerprint density at radius 3 is 2.77 bits per heavy atom. The fraction of sp³-hybridized carbons (Fsp3) is 0.737. The monoisotopic (exact) mass is 442 g/mol. The Morgan fingerprint density at radius 2 is 2.17 bits per heavy atom. The maximum absolute atomic E-state index is 12.4. The van der Waals surface area contributed by atoms with Gasteiger partial charge in [-0.05, 0) is 18.8 Å². The molecule has 3 N–H and O–H groups in total. The molecule has 0 bridgehead atoms. The lowest BCUT2D eigenvalue weighted by Crippen LogP contribution is -2.28. The highest BCUT2D eigenvalue weighted by Gasteiger charge is 2.49. The summed E-state index contributed by atoms with van der Waals surface area (Å²) >= 11 is 0. The molecular formula is C19H33N5O5P+. The standard InChI is InChI=1S/C18H28N5O5P.CH4/c1-5-7-11-12(6-2)27-17(14(11)28-29(25)26)23-9-20-13-15(23)21-18(22-16(13)24)19-8-10(3)4;/h9-12,14,17H,5-8H2,1-4H3,(H2-,19,21,22,24,25,26);1H4/p+1/t11?,12-,14+,17-;/m1./s1. The lowest BCUT2D eigenvalue weighted by molar-refractivity contribution is -0.0297. The van der Waals surface area contributed by atoms with Crippen molar-refractivity contribution in [2.24, 2.45) is 11.8 Å². The molecule has 1 fully saturated rings. The topological polar surface area (TPSA) is 131 Å². The van der Waals surface area contributed by atoms with Gasteiger partial charge in [-0.15, -0.1) is 9.42 Å². The smallest absolute Gasteiger partial charge is 0.355 e. The van der Waals surface area contributed by atoms with Crippen molar-refractivity contribution in [1.82, 2.24) is 19.5 Å². The van der Waals surface area contributed by atoms with E-state index >= 15 is 0 Å². The van der Waals surface area contributed by atoms with E-state index in [1.165, 1.54) is 6.33 Å². The lowest BCUT2D eigenvalue weighted by Gasteiger charge is -2.18. The number of aromatic amines is 1. The largest absolute Gasteiger partial charge is 0.695 e. The number of ether oxygens (including phenoxy) is 1. The van der Waals surface area contributed by atoms with Gasteiger partial charge in [0.2, 0.25) is 5.95 Å². The van der Waals surface area contributed by atoms with Gasteiger partial charge in [0.05, 0.1) is 12.4 Å². The fourth-order valence-electron chi connectivity index (χ4n) is 3.82. The van der Waals surface area contributed by atoms with Gasteiger partial charge < -0.3 is 10.1 Å². The van der Waals surface area contributed by atoms with Crippen molar-refractivity contribution in [2.75, 3.05) is 11.9 Å². The lowest BCUT2D eigenvalue weighted by atomic mass is 9.92. The molecule has 5 atom stereocenters. The number of fused-ring (bicyclic) bond motifs is 1. The molecule has 3 rings (SSSR count). The number of nitrogens with zero attached hydrogens (tertiary/aromatic N) is 3. The summed E-state index contributed by atoms with van der Waals surface area (Å²) in [7, 11) is -2.81. The van der Waals surface area contributed by atoms with Crippen LogP contribution in [0.1, 0.15) is 60.6 Å². The van der Waals surface area contributed by atoms with Crippen molar-refractivity contribution in [3.8, 4) is 0 Å². The van der Waals surface area contributed by atoms with Gasteiger partial charge in [-0.2, -0.15) is 4.98 Å². The molecule has 0 saturated carbocycles. The van der Waals surface area contributed by atoms with E-state index in [0.717, 1.165) is 19.3 Å². The number of hydrogen-bond acceptors (Lipinski definition) is 7. The molecule has 1 aliphatic rings. The molecule has 10 nitrogen and oxygen atoms in total. The molecule has 3 heterocycles. The predicted molar refractivity (Wildman–Crippen MR) is 116 cm³/mol. The number of hydrogen-bond donors (Lipinski definition) is 3. The minimum atomic E-state index is -2.81. The molecule has 168 valence electrons. The summed E-state index contributed by atoms with van der Waals surface area (Å²) in [6.45, 7) is 8.81. The van der Waals surface area contributed by atoms with Crippen LogP contribution >= 0.6 is 8.25 Å². The predicted octanol–water partition coefficient (Wildman–Crippen LogP) is 3.58. The number of H-pyrrole nitrogens is 1. The average molecular weight is 442 g/mol. The van der Waals surface area contributed by atoms with E-state index < -0.39 is 20.6 Å². The Balaban J connectivity index is 0.00000320. The quantitative estimate of drug-likeness (QED) is 0.502. The summed E-state index contributed by atoms with van der Waals surface area (Å²) in [6, 6.07) is 0. The number of rotatable bonds is 9. The van der Waals surface area contributed by atoms with Crippen molar-refractivity contribution in [3.05, 3.63) is 16.7 Å². The summed E-state index contributed by atoms with van der Waals surface area (Å²) in [5.74, 6) is 0.677. The summed E-state index contributed by atoms with van der Waals surface area (Å²) in [6.07, 6.45) is 2.45. The van der Waals surface area contributed by atoms with Gasteiger partial charge in [0, 0.05) is 17.0 Å². The van der Waals surface area contributed by atoms with Crippen molar-refractivity contribution in [2.45, 2.75) is 72.8 Å². The van der Waals surface area contributed by atoms with Crippen LogP contribution in [-0.4, -0.2) is 43.2 Å². The molecule has 2 unspecified atom stereocenters. The molecule has 1 aliphatic heterocycles. The molecule has 30 heavy (non-hydrogen) atoms. The number of aromatic nitrogens is 4. The summed E-state index contributed by atoms with van der Waals surface area (Å²) < 4.78 is 24.7. The van der Waals surface area contributed by atoms with E-state index in [9.17, 15) is 14.3 Å². The van der Waals surface area contributed by atoms with Gasteiger partial charge in [0.25, 0.3) is 5.56 Å². The summed E-state index contributed by atoms with van der Waals surface area (Å²) in [5, 5.41) is 3.11. The van der Waals surface area contributed by atoms with E-state index in [0.29, 0.717) is 24.1 Å². The highest BCUT2D eigenvalue weighted by Crippen LogP contribution is 2.43. The minimum absolute atomic E-state index is 0. The molecule has 2 aromatic heterocycles. The van der Waals surface area contributed by atoms with E-state index in [2.05, 4.69) is 41.0 Å². The van der Waals surface area contributed by atoms with Crippen LogP contribution in [0.4, 0.5) is 5.95 Å². The Hall–Kier alpha value is -1.87. The van der Waals surface area contributed by atoms with Crippen LogP contribution in [0.15, 0.2) is 11.1 Å². The molecule has 0 spiro atoms. The van der Waals surface area contributed by atoms with Crippen molar-refractivity contribution in [1.29, 1.82) is 0 Å². The normalized spacial score (nSPS) is 24.3. The Bertz CT molecular complexity index is 914. The van der Waals surface area contributed by atoms with E-state index in [1.807, 2.05) is 6.92 Å². The van der Waals surface area contributed by atoms with Gasteiger partial charge in [-0.3, -0.25) is 14.3 Å². The van der Waals surface area contributed by atoms with Crippen LogP contribution in [-0.2, 0) is 13.8 Å². The Kier molecular flexibility index (Phi) is 8.49. The van der Waals surface area contributed by atoms with Crippen LogP contribution < -0.4 is 10.9 Å². The van der Waals surface area contributed by atoms with E-state index in [4.69, 9.17) is 9.26 Å². The number of anilines is 1. The zero-order valence-electron chi connectivity index (χ0n) is 17.2. The van der Waals surface area contributed by atoms with Gasteiger partial charge in [-0.25, -0.2) is 4.98 Å². The van der Waals surface area contributed by atoms with Crippen LogP contribution in [0.5, 0.6) is 0 Å². The zero-order chi connectivity index (χ0) is 21.1. The molecule has 0 aliphatic carbocycles. The third-order valence-electron chi connectivity index (χ3n) is 5.12. The number of imidazole rings is 1. The van der Waals surface area contributed by atoms with E-state index in [-0.39, 0.29) is 30.5 Å². The molecular weight excluding hydrogens is 409 g/mol. The molecule has 0 radical (unpaired) electrons. The molecule has 0 amide bonds. The van der Waals surface area contributed by atoms with Gasteiger partial charge >= 0.3 is 8.25 Å². The minimum Gasteiger partial charge on any atom is -0.355 e. The first-order valence-electron chi connectivity index (χ1n) is 10.0. The fourth-order valence-corrected chi connectivity index (χ4v) is 4.29. The van der Waals surface area contributed by atoms with Crippen LogP contribution in [0, 0.1) is 11.8 Å². The van der Waals surface area contributed by atoms with Crippen LogP contribution in [0.25, 0.3) is 11.2 Å². The first-order chi connectivity index (χ1) is 13.8. The van der Waals surface area contributed by atoms with Crippen molar-refractivity contribution >= 4 is 25.4 Å². The van der Waals surface area contributed by atoms with Gasteiger partial charge in [0.1, 0.15) is 0 Å². The Morgan fingerprint density at radius 1 is 1.43 bits per heavy atom. The third kappa shape index (κ3) is 5.06. The maximum atomic E-state index is 12.4. The highest BCUT2D eigenvalue weighted by atomic mass is 31.1. The molecule has 11 heteroatoms. The highest BCUT2D eigenvalue weighted by molar-refractivity contribution is 7.32. The van der Waals surface area contributed by atoms with Crippen molar-refractivity contribution < 1.29 is 18.7 Å². The van der Waals surface area contributed by atoms with Crippen molar-refractivity contribution in [3.63, 3.8) is 0 Å². The third-order valence-corrected chi connectivity index (χ3v) is 5.54. The summed E-state index contributed by atoms with van der Waals surface area (Å²) in [5.41, 5.74) is 0.169. The van der Waals surface area contributed by atoms with E-state index in [1.54, 1.807) is 4.57 Å². The van der Waals surface area contributed by atoms with Gasteiger partial charge in [-0.1, -0.05) is 41.5 Å². The number of nitrogens with one attached hydrogen (secondary N) is 2. The molecule has 0 aromatic carbocycles. The Labute approximate surface area is 177 Å². The molecule has 1 saturated heterocycles. The van der Waals surface area contributed by atoms with Crippen LogP contribution in [0.3, 0.4) is 0 Å². The first-order valence-corrected chi connectivity index (χ1v) is 11.2. The molecule has 2 aromatic rings. The summed E-state index contributed by atoms with van der Waals surface area (Å²) in [4.78, 5) is 33.3. The average Bonchev–Trinajstić information content (AvgIpc) is 3.22. The zero-order valence-corrected chi connectivity index (χ0v) is 18.1. The second kappa shape index (κ2) is 10.4. The second-order valence-corrected chi connectivity index (χ2v) is 8.43. The second-order valence-electron chi connectivity index (χ2n) is 7.75. The SMILES string of the molecule is C.CCCC1[C@@H](CC)O[C@@H](n2cnc3c(=O)[nH]c(NCC(C)C)nc32)[C@H]1O[P+](=O)O. The van der Waals surface area contributed by atoms with Crippen LogP contribution in [0.2, 0.25) is 0 Å². The maximum Gasteiger partial charge on any atom is 0.695 e.